The number of carbonyl (C=O) groups excluding carboxylic acids is 2. The van der Waals surface area contributed by atoms with E-state index in [2.05, 4.69) is 4.99 Å². The molecule has 2 heterocycles. The second kappa shape index (κ2) is 11.2. The van der Waals surface area contributed by atoms with Crippen LogP contribution in [0.4, 0.5) is 31.1 Å². The molecule has 0 unspecified atom stereocenters. The number of benzene rings is 1. The molecule has 2 aliphatic heterocycles. The van der Waals surface area contributed by atoms with Gasteiger partial charge < -0.3 is 4.74 Å². The Morgan fingerprint density at radius 1 is 1.17 bits per heavy atom. The lowest BCUT2D eigenvalue weighted by atomic mass is 9.94. The molecule has 0 aliphatic carbocycles. The second-order valence-corrected chi connectivity index (χ2v) is 9.24. The first-order chi connectivity index (χ1) is 16.4. The molecule has 1 aromatic rings. The van der Waals surface area contributed by atoms with Gasteiger partial charge >= 0.3 is 23.6 Å². The summed E-state index contributed by atoms with van der Waals surface area (Å²) in [6.07, 6.45) is -6.26. The van der Waals surface area contributed by atoms with Crippen LogP contribution in [0.1, 0.15) is 49.3 Å². The van der Waals surface area contributed by atoms with E-state index in [1.807, 2.05) is 6.08 Å². The lowest BCUT2D eigenvalue weighted by Crippen LogP contribution is -2.33. The van der Waals surface area contributed by atoms with E-state index in [1.165, 1.54) is 0 Å². The van der Waals surface area contributed by atoms with Crippen molar-refractivity contribution in [2.75, 3.05) is 19.7 Å². The number of thioether (sulfide) groups is 1. The van der Waals surface area contributed by atoms with E-state index in [9.17, 15) is 35.9 Å². The molecular formula is C23H24F6N2O3S. The number of ether oxygens (including phenoxy) is 1. The normalized spacial score (nSPS) is 19.3. The van der Waals surface area contributed by atoms with Crippen molar-refractivity contribution >= 4 is 28.7 Å². The molecular weight excluding hydrogens is 498 g/mol. The van der Waals surface area contributed by atoms with Crippen molar-refractivity contribution in [3.05, 3.63) is 45.9 Å². The maximum absolute atomic E-state index is 13.4. The van der Waals surface area contributed by atoms with Crippen molar-refractivity contribution in [1.82, 2.24) is 4.90 Å². The molecule has 1 amide bonds. The molecule has 0 atom stereocenters. The van der Waals surface area contributed by atoms with Gasteiger partial charge in [0, 0.05) is 17.9 Å². The molecule has 0 bridgehead atoms. The van der Waals surface area contributed by atoms with Gasteiger partial charge in [-0.15, -0.1) is 0 Å². The van der Waals surface area contributed by atoms with E-state index >= 15 is 0 Å². The van der Waals surface area contributed by atoms with Crippen LogP contribution in [0.15, 0.2) is 34.2 Å². The number of allylic oxidation sites excluding steroid dienone is 2. The number of piperidine rings is 1. The third-order valence-electron chi connectivity index (χ3n) is 5.74. The molecule has 0 saturated carbocycles. The first-order valence-corrected chi connectivity index (χ1v) is 11.8. The molecule has 1 fully saturated rings. The maximum atomic E-state index is 13.4. The number of nitrogens with zero attached hydrogens (tertiary/aromatic N) is 2. The van der Waals surface area contributed by atoms with Crippen LogP contribution < -0.4 is 0 Å². The second-order valence-electron chi connectivity index (χ2n) is 8.24. The van der Waals surface area contributed by atoms with E-state index in [-0.39, 0.29) is 54.7 Å². The standard InChI is InChI=1S/C23H24F6N2O3S/c1-2-34-20(32)6-5-18-19(35-21(33)30-18)11-14-7-9-31(10-8-14)13-15-3-4-16(22(24,25)26)12-17(15)23(27,28)29/h3-4,11-12,14H,2,5-10,13H2,1H3/b19-11-. The topological polar surface area (TPSA) is 59.0 Å². The summed E-state index contributed by atoms with van der Waals surface area (Å²) >= 11 is 0.980. The Morgan fingerprint density at radius 3 is 2.46 bits per heavy atom. The van der Waals surface area contributed by atoms with Gasteiger partial charge in [-0.2, -0.15) is 26.3 Å². The number of carbonyl (C=O) groups is 2. The molecule has 5 nitrogen and oxygen atoms in total. The summed E-state index contributed by atoms with van der Waals surface area (Å²) in [5.41, 5.74) is -2.29. The van der Waals surface area contributed by atoms with Gasteiger partial charge in [-0.1, -0.05) is 12.1 Å². The Bertz CT molecular complexity index is 1010. The summed E-state index contributed by atoms with van der Waals surface area (Å²) in [5.74, 6) is -0.323. The Balaban J connectivity index is 1.62. The van der Waals surface area contributed by atoms with Crippen LogP contribution in [0, 0.1) is 5.92 Å². The van der Waals surface area contributed by atoms with Gasteiger partial charge in [0.2, 0.25) is 0 Å². The quantitative estimate of drug-likeness (QED) is 0.303. The highest BCUT2D eigenvalue weighted by Gasteiger charge is 2.38. The largest absolute Gasteiger partial charge is 0.466 e. The maximum Gasteiger partial charge on any atom is 0.416 e. The fourth-order valence-corrected chi connectivity index (χ4v) is 4.86. The van der Waals surface area contributed by atoms with Gasteiger partial charge in [-0.3, -0.25) is 14.5 Å². The van der Waals surface area contributed by atoms with Gasteiger partial charge in [0.25, 0.3) is 0 Å². The SMILES string of the molecule is CCOC(=O)CCC1=NC(=O)S/C1=C\C1CCN(Cc2ccc(C(F)(F)F)cc2C(F)(F)F)CC1. The minimum absolute atomic E-state index is 0.0575. The van der Waals surface area contributed by atoms with Crippen LogP contribution in [-0.2, 0) is 28.4 Å². The Labute approximate surface area is 202 Å². The number of aliphatic imine (C=N–C) groups is 1. The molecule has 12 heteroatoms. The molecule has 3 rings (SSSR count). The molecule has 1 saturated heterocycles. The van der Waals surface area contributed by atoms with Crippen molar-refractivity contribution < 1.29 is 40.7 Å². The summed E-state index contributed by atoms with van der Waals surface area (Å²) in [5, 5.41) is -0.366. The summed E-state index contributed by atoms with van der Waals surface area (Å²) in [6.45, 7) is 2.73. The number of alkyl halides is 6. The number of esters is 1. The predicted octanol–water partition coefficient (Wildman–Crippen LogP) is 6.47. The molecule has 0 radical (unpaired) electrons. The molecule has 35 heavy (non-hydrogen) atoms. The van der Waals surface area contributed by atoms with Crippen LogP contribution >= 0.6 is 11.8 Å². The van der Waals surface area contributed by atoms with E-state index in [0.717, 1.165) is 17.8 Å². The third kappa shape index (κ3) is 7.57. The zero-order valence-electron chi connectivity index (χ0n) is 18.8. The van der Waals surface area contributed by atoms with E-state index in [4.69, 9.17) is 4.74 Å². The fourth-order valence-electron chi connectivity index (χ4n) is 3.99. The number of hydrogen-bond donors (Lipinski definition) is 0. The number of halogens is 6. The minimum Gasteiger partial charge on any atom is -0.466 e. The third-order valence-corrected chi connectivity index (χ3v) is 6.59. The van der Waals surface area contributed by atoms with Gasteiger partial charge in [0.05, 0.1) is 29.9 Å². The summed E-state index contributed by atoms with van der Waals surface area (Å²) < 4.78 is 83.8. The van der Waals surface area contributed by atoms with Crippen LogP contribution in [0.25, 0.3) is 0 Å². The number of likely N-dealkylation sites (tertiary alicyclic amines) is 1. The summed E-state index contributed by atoms with van der Waals surface area (Å²) in [7, 11) is 0. The molecule has 0 aromatic heterocycles. The van der Waals surface area contributed by atoms with Crippen molar-refractivity contribution in [3.63, 3.8) is 0 Å². The summed E-state index contributed by atoms with van der Waals surface area (Å²) in [6, 6.07) is 1.73. The highest BCUT2D eigenvalue weighted by molar-refractivity contribution is 8.18. The van der Waals surface area contributed by atoms with Gasteiger partial charge in [-0.05, 0) is 68.2 Å². The first-order valence-electron chi connectivity index (χ1n) is 11.0. The Morgan fingerprint density at radius 2 is 1.86 bits per heavy atom. The van der Waals surface area contributed by atoms with Crippen molar-refractivity contribution in [1.29, 1.82) is 0 Å². The molecule has 0 spiro atoms. The highest BCUT2D eigenvalue weighted by Crippen LogP contribution is 2.38. The Hall–Kier alpha value is -2.34. The molecule has 2 aliphatic rings. The molecule has 192 valence electrons. The smallest absolute Gasteiger partial charge is 0.416 e. The minimum atomic E-state index is -4.90. The van der Waals surface area contributed by atoms with Gasteiger partial charge in [-0.25, -0.2) is 4.99 Å². The average Bonchev–Trinajstić information content (AvgIpc) is 3.11. The molecule has 1 aromatic carbocycles. The van der Waals surface area contributed by atoms with E-state index in [0.29, 0.717) is 42.6 Å². The summed E-state index contributed by atoms with van der Waals surface area (Å²) in [4.78, 5) is 29.8. The highest BCUT2D eigenvalue weighted by atomic mass is 32.2. The van der Waals surface area contributed by atoms with E-state index in [1.54, 1.807) is 11.8 Å². The van der Waals surface area contributed by atoms with Crippen LogP contribution in [0.5, 0.6) is 0 Å². The van der Waals surface area contributed by atoms with E-state index < -0.39 is 23.5 Å². The number of amides is 1. The van der Waals surface area contributed by atoms with Crippen molar-refractivity contribution in [2.45, 2.75) is 51.5 Å². The lowest BCUT2D eigenvalue weighted by molar-refractivity contribution is -0.144. The van der Waals surface area contributed by atoms with Crippen LogP contribution in [0.2, 0.25) is 0 Å². The monoisotopic (exact) mass is 522 g/mol. The Kier molecular flexibility index (Phi) is 8.68. The van der Waals surface area contributed by atoms with Crippen LogP contribution in [-0.4, -0.2) is 41.5 Å². The number of hydrogen-bond acceptors (Lipinski definition) is 5. The predicted molar refractivity (Wildman–Crippen MR) is 119 cm³/mol. The van der Waals surface area contributed by atoms with Gasteiger partial charge in [0.15, 0.2) is 0 Å². The van der Waals surface area contributed by atoms with Crippen molar-refractivity contribution in [2.24, 2.45) is 10.9 Å². The average molecular weight is 523 g/mol. The first kappa shape index (κ1) is 27.3. The molecule has 0 N–H and O–H groups in total. The zero-order valence-corrected chi connectivity index (χ0v) is 19.7. The van der Waals surface area contributed by atoms with Crippen LogP contribution in [0.3, 0.4) is 0 Å². The van der Waals surface area contributed by atoms with Gasteiger partial charge in [0.1, 0.15) is 0 Å². The lowest BCUT2D eigenvalue weighted by Gasteiger charge is -2.31. The van der Waals surface area contributed by atoms with Crippen molar-refractivity contribution in [3.8, 4) is 0 Å². The number of rotatable bonds is 7. The zero-order chi connectivity index (χ0) is 25.8. The fraction of sp³-hybridized carbons (Fsp3) is 0.522.